The molecule has 2 heterocycles. The van der Waals surface area contributed by atoms with Gasteiger partial charge in [0.2, 0.25) is 0 Å². The van der Waals surface area contributed by atoms with Crippen molar-refractivity contribution < 1.29 is 23.1 Å². The van der Waals surface area contributed by atoms with E-state index in [2.05, 4.69) is 10.1 Å². The third-order valence-electron chi connectivity index (χ3n) is 3.14. The van der Waals surface area contributed by atoms with E-state index >= 15 is 0 Å². The van der Waals surface area contributed by atoms with Gasteiger partial charge in [0.15, 0.2) is 5.65 Å². The van der Waals surface area contributed by atoms with Crippen molar-refractivity contribution in [3.05, 3.63) is 53.9 Å². The average Bonchev–Trinajstić information content (AvgIpc) is 2.90. The predicted molar refractivity (Wildman–Crippen MR) is 70.4 cm³/mol. The van der Waals surface area contributed by atoms with Gasteiger partial charge in [-0.05, 0) is 18.2 Å². The summed E-state index contributed by atoms with van der Waals surface area (Å²) in [4.78, 5) is 15.0. The van der Waals surface area contributed by atoms with Gasteiger partial charge in [0.1, 0.15) is 5.56 Å². The number of halogens is 3. The van der Waals surface area contributed by atoms with Gasteiger partial charge in [0.05, 0.1) is 17.5 Å². The number of rotatable bonds is 2. The largest absolute Gasteiger partial charge is 0.477 e. The number of carboxylic acid groups (broad SMARTS) is 1. The van der Waals surface area contributed by atoms with E-state index < -0.39 is 17.7 Å². The Kier molecular flexibility index (Phi) is 3.09. The highest BCUT2D eigenvalue weighted by Gasteiger charge is 2.30. The van der Waals surface area contributed by atoms with Gasteiger partial charge in [-0.25, -0.2) is 14.3 Å². The van der Waals surface area contributed by atoms with Gasteiger partial charge in [-0.1, -0.05) is 12.1 Å². The molecule has 0 spiro atoms. The molecule has 1 aromatic carbocycles. The molecule has 0 saturated heterocycles. The normalized spacial score (nSPS) is 11.8. The molecule has 0 radical (unpaired) electrons. The van der Waals surface area contributed by atoms with Crippen LogP contribution >= 0.6 is 0 Å². The van der Waals surface area contributed by atoms with E-state index in [0.717, 1.165) is 18.3 Å². The van der Waals surface area contributed by atoms with Crippen molar-refractivity contribution in [2.75, 3.05) is 0 Å². The lowest BCUT2D eigenvalue weighted by molar-refractivity contribution is -0.137. The summed E-state index contributed by atoms with van der Waals surface area (Å²) in [5.41, 5.74) is 0.221. The van der Waals surface area contributed by atoms with Crippen molar-refractivity contribution in [2.45, 2.75) is 6.18 Å². The van der Waals surface area contributed by atoms with Crippen molar-refractivity contribution in [1.29, 1.82) is 0 Å². The Labute approximate surface area is 121 Å². The minimum absolute atomic E-state index is 0.0752. The van der Waals surface area contributed by atoms with Gasteiger partial charge in [-0.2, -0.15) is 18.3 Å². The lowest BCUT2D eigenvalue weighted by Crippen LogP contribution is -2.04. The van der Waals surface area contributed by atoms with Crippen LogP contribution < -0.4 is 0 Å². The molecule has 0 aliphatic rings. The fourth-order valence-corrected chi connectivity index (χ4v) is 2.09. The second-order valence-corrected chi connectivity index (χ2v) is 4.50. The van der Waals surface area contributed by atoms with E-state index in [9.17, 15) is 18.0 Å². The van der Waals surface area contributed by atoms with E-state index in [1.54, 1.807) is 6.07 Å². The summed E-state index contributed by atoms with van der Waals surface area (Å²) in [7, 11) is 0. The maximum absolute atomic E-state index is 12.6. The zero-order valence-electron chi connectivity index (χ0n) is 10.9. The Morgan fingerprint density at radius 3 is 2.41 bits per heavy atom. The Balaban J connectivity index is 2.13. The van der Waals surface area contributed by atoms with E-state index in [1.165, 1.54) is 22.8 Å². The van der Waals surface area contributed by atoms with Crippen molar-refractivity contribution in [3.63, 3.8) is 0 Å². The van der Waals surface area contributed by atoms with Crippen molar-refractivity contribution in [3.8, 4) is 11.3 Å². The summed E-state index contributed by atoms with van der Waals surface area (Å²) in [6.07, 6.45) is -1.87. The second kappa shape index (κ2) is 4.83. The third-order valence-corrected chi connectivity index (χ3v) is 3.14. The van der Waals surface area contributed by atoms with Crippen LogP contribution in [0.2, 0.25) is 0 Å². The molecule has 0 fully saturated rings. The molecule has 5 nitrogen and oxygen atoms in total. The molecule has 0 amide bonds. The number of carbonyl (C=O) groups is 1. The van der Waals surface area contributed by atoms with Crippen molar-refractivity contribution in [1.82, 2.24) is 14.6 Å². The molecule has 3 aromatic rings. The number of alkyl halides is 3. The topological polar surface area (TPSA) is 67.5 Å². The quantitative estimate of drug-likeness (QED) is 0.790. The number of benzene rings is 1. The van der Waals surface area contributed by atoms with Crippen LogP contribution in [0.4, 0.5) is 13.2 Å². The summed E-state index contributed by atoms with van der Waals surface area (Å²) >= 11 is 0. The number of carboxylic acids is 1. The molecule has 22 heavy (non-hydrogen) atoms. The molecule has 2 aromatic heterocycles. The first-order chi connectivity index (χ1) is 10.4. The van der Waals surface area contributed by atoms with E-state index in [0.29, 0.717) is 11.3 Å². The van der Waals surface area contributed by atoms with Crippen LogP contribution in [0.25, 0.3) is 16.9 Å². The zero-order valence-corrected chi connectivity index (χ0v) is 10.9. The van der Waals surface area contributed by atoms with E-state index in [4.69, 9.17) is 5.11 Å². The van der Waals surface area contributed by atoms with Gasteiger partial charge in [-0.3, -0.25) is 0 Å². The Morgan fingerprint density at radius 1 is 1.14 bits per heavy atom. The fourth-order valence-electron chi connectivity index (χ4n) is 2.09. The van der Waals surface area contributed by atoms with Crippen LogP contribution in [-0.4, -0.2) is 25.7 Å². The molecule has 1 N–H and O–H groups in total. The maximum Gasteiger partial charge on any atom is 0.416 e. The summed E-state index contributed by atoms with van der Waals surface area (Å²) in [6, 6.07) is 6.08. The molecule has 112 valence electrons. The number of aromatic nitrogens is 3. The minimum Gasteiger partial charge on any atom is -0.477 e. The molecule has 3 rings (SSSR count). The SMILES string of the molecule is O=C(O)c1cnn2c(-c3ccc(C(F)(F)F)cc3)ccnc12. The minimum atomic E-state index is -4.41. The summed E-state index contributed by atoms with van der Waals surface area (Å²) in [5.74, 6) is -1.17. The molecule has 0 atom stereocenters. The number of fused-ring (bicyclic) bond motifs is 1. The Morgan fingerprint density at radius 2 is 1.82 bits per heavy atom. The van der Waals surface area contributed by atoms with Crippen LogP contribution in [0, 0.1) is 0 Å². The highest BCUT2D eigenvalue weighted by molar-refractivity contribution is 5.94. The lowest BCUT2D eigenvalue weighted by atomic mass is 10.1. The Hall–Kier alpha value is -2.90. The van der Waals surface area contributed by atoms with Gasteiger partial charge < -0.3 is 5.11 Å². The monoisotopic (exact) mass is 307 g/mol. The van der Waals surface area contributed by atoms with Gasteiger partial charge in [0.25, 0.3) is 0 Å². The first-order valence-electron chi connectivity index (χ1n) is 6.11. The number of nitrogens with zero attached hydrogens (tertiary/aromatic N) is 3. The predicted octanol–water partition coefficient (Wildman–Crippen LogP) is 3.11. The zero-order chi connectivity index (χ0) is 15.9. The van der Waals surface area contributed by atoms with Crippen molar-refractivity contribution in [2.24, 2.45) is 0 Å². The third kappa shape index (κ3) is 2.28. The van der Waals surface area contributed by atoms with E-state index in [-0.39, 0.29) is 11.2 Å². The molecule has 0 saturated carbocycles. The van der Waals surface area contributed by atoms with Crippen molar-refractivity contribution >= 4 is 11.6 Å². The van der Waals surface area contributed by atoms with Crippen LogP contribution in [0.3, 0.4) is 0 Å². The highest BCUT2D eigenvalue weighted by atomic mass is 19.4. The highest BCUT2D eigenvalue weighted by Crippen LogP contribution is 2.31. The molecular formula is C14H8F3N3O2. The Bertz CT molecular complexity index is 854. The second-order valence-electron chi connectivity index (χ2n) is 4.50. The van der Waals surface area contributed by atoms with Crippen LogP contribution in [-0.2, 0) is 6.18 Å². The summed E-state index contributed by atoms with van der Waals surface area (Å²) in [5, 5.41) is 13.0. The van der Waals surface area contributed by atoms with E-state index in [1.807, 2.05) is 0 Å². The summed E-state index contributed by atoms with van der Waals surface area (Å²) < 4.78 is 39.0. The molecule has 0 aliphatic carbocycles. The van der Waals surface area contributed by atoms with Gasteiger partial charge >= 0.3 is 12.1 Å². The molecule has 0 aliphatic heterocycles. The van der Waals surface area contributed by atoms with Crippen LogP contribution in [0.5, 0.6) is 0 Å². The standard InChI is InChI=1S/C14H8F3N3O2/c15-14(16,17)9-3-1-8(2-4-9)11-5-6-18-12-10(13(21)22)7-19-20(11)12/h1-7H,(H,21,22). The first-order valence-corrected chi connectivity index (χ1v) is 6.11. The fraction of sp³-hybridized carbons (Fsp3) is 0.0714. The summed E-state index contributed by atoms with van der Waals surface area (Å²) in [6.45, 7) is 0. The average molecular weight is 307 g/mol. The van der Waals surface area contributed by atoms with Crippen LogP contribution in [0.15, 0.2) is 42.7 Å². The molecule has 0 unspecified atom stereocenters. The number of aromatic carboxylic acids is 1. The van der Waals surface area contributed by atoms with Crippen LogP contribution in [0.1, 0.15) is 15.9 Å². The number of hydrogen-bond acceptors (Lipinski definition) is 3. The smallest absolute Gasteiger partial charge is 0.416 e. The lowest BCUT2D eigenvalue weighted by Gasteiger charge is -2.08. The van der Waals surface area contributed by atoms with Gasteiger partial charge in [-0.15, -0.1) is 0 Å². The molecule has 0 bridgehead atoms. The number of hydrogen-bond donors (Lipinski definition) is 1. The first kappa shape index (κ1) is 14.1. The molecule has 8 heteroatoms. The van der Waals surface area contributed by atoms with Gasteiger partial charge in [0, 0.05) is 11.8 Å². The molecular weight excluding hydrogens is 299 g/mol. The maximum atomic E-state index is 12.6.